The molecule has 0 amide bonds. The highest BCUT2D eigenvalue weighted by atomic mass is 19.1. The molecule has 19 heavy (non-hydrogen) atoms. The van der Waals surface area contributed by atoms with Crippen LogP contribution in [-0.2, 0) is 7.05 Å². The van der Waals surface area contributed by atoms with Crippen LogP contribution in [0.5, 0.6) is 11.6 Å². The maximum Gasteiger partial charge on any atom is 0.241 e. The molecule has 6 heteroatoms. The third-order valence-electron chi connectivity index (χ3n) is 2.66. The fourth-order valence-electron chi connectivity index (χ4n) is 1.79. The zero-order valence-electron chi connectivity index (χ0n) is 10.9. The smallest absolute Gasteiger partial charge is 0.241 e. The Morgan fingerprint density at radius 2 is 1.79 bits per heavy atom. The van der Waals surface area contributed by atoms with Gasteiger partial charge in [0.1, 0.15) is 23.1 Å². The predicted molar refractivity (Wildman–Crippen MR) is 68.1 cm³/mol. The van der Waals surface area contributed by atoms with E-state index in [4.69, 9.17) is 10.5 Å². The number of halogens is 2. The minimum atomic E-state index is -0.708. The molecule has 2 rings (SSSR count). The zero-order chi connectivity index (χ0) is 14.2. The van der Waals surface area contributed by atoms with Crippen molar-refractivity contribution in [2.45, 2.75) is 19.8 Å². The molecule has 0 bridgehead atoms. The summed E-state index contributed by atoms with van der Waals surface area (Å²) < 4.78 is 33.1. The average molecular weight is 267 g/mol. The normalized spacial score (nSPS) is 11.1. The molecule has 0 aliphatic carbocycles. The van der Waals surface area contributed by atoms with E-state index in [1.54, 1.807) is 7.05 Å². The highest BCUT2D eigenvalue weighted by molar-refractivity contribution is 5.55. The Labute approximate surface area is 109 Å². The number of hydrogen-bond donors (Lipinski definition) is 1. The van der Waals surface area contributed by atoms with Crippen LogP contribution in [0.1, 0.15) is 25.5 Å². The van der Waals surface area contributed by atoms with Crippen LogP contribution in [0.15, 0.2) is 18.2 Å². The van der Waals surface area contributed by atoms with Crippen LogP contribution in [0.3, 0.4) is 0 Å². The number of nitrogens with two attached hydrogens (primary N) is 1. The summed E-state index contributed by atoms with van der Waals surface area (Å²) >= 11 is 0. The molecule has 0 aliphatic heterocycles. The molecule has 102 valence electrons. The molecule has 1 aromatic heterocycles. The summed E-state index contributed by atoms with van der Waals surface area (Å²) in [6.07, 6.45) is 0. The van der Waals surface area contributed by atoms with Gasteiger partial charge in [-0.1, -0.05) is 13.8 Å². The van der Waals surface area contributed by atoms with E-state index in [0.717, 1.165) is 18.2 Å². The molecule has 0 aliphatic rings. The zero-order valence-corrected chi connectivity index (χ0v) is 10.9. The fraction of sp³-hybridized carbons (Fsp3) is 0.308. The molecule has 1 aromatic carbocycles. The first-order valence-electron chi connectivity index (χ1n) is 5.84. The number of nitrogens with zero attached hydrogens (tertiary/aromatic N) is 2. The van der Waals surface area contributed by atoms with E-state index in [1.165, 1.54) is 4.68 Å². The Morgan fingerprint density at radius 1 is 1.21 bits per heavy atom. The Bertz CT molecular complexity index is 588. The fourth-order valence-corrected chi connectivity index (χ4v) is 1.79. The Balaban J connectivity index is 2.38. The maximum absolute atomic E-state index is 13.1. The molecule has 0 saturated heterocycles. The van der Waals surface area contributed by atoms with Gasteiger partial charge in [-0.15, -0.1) is 0 Å². The molecular weight excluding hydrogens is 252 g/mol. The molecule has 1 heterocycles. The molecule has 2 N–H and O–H groups in total. The molecule has 2 aromatic rings. The lowest BCUT2D eigenvalue weighted by atomic mass is 10.1. The van der Waals surface area contributed by atoms with E-state index in [1.807, 2.05) is 13.8 Å². The van der Waals surface area contributed by atoms with Crippen molar-refractivity contribution in [1.29, 1.82) is 0 Å². The van der Waals surface area contributed by atoms with Gasteiger partial charge in [-0.2, -0.15) is 5.10 Å². The van der Waals surface area contributed by atoms with Crippen LogP contribution >= 0.6 is 0 Å². The van der Waals surface area contributed by atoms with Crippen molar-refractivity contribution >= 4 is 5.69 Å². The van der Waals surface area contributed by atoms with Crippen molar-refractivity contribution in [3.8, 4) is 11.6 Å². The van der Waals surface area contributed by atoms with Crippen molar-refractivity contribution < 1.29 is 13.5 Å². The molecule has 0 saturated carbocycles. The highest BCUT2D eigenvalue weighted by Crippen LogP contribution is 2.33. The maximum atomic E-state index is 13.1. The Morgan fingerprint density at radius 3 is 2.26 bits per heavy atom. The number of anilines is 1. The summed E-state index contributed by atoms with van der Waals surface area (Å²) in [4.78, 5) is 0. The number of nitrogen functional groups attached to an aromatic ring is 1. The van der Waals surface area contributed by atoms with Crippen LogP contribution in [0.25, 0.3) is 0 Å². The van der Waals surface area contributed by atoms with E-state index >= 15 is 0 Å². The predicted octanol–water partition coefficient (Wildman–Crippen LogP) is 3.20. The lowest BCUT2D eigenvalue weighted by Crippen LogP contribution is -1.97. The van der Waals surface area contributed by atoms with E-state index < -0.39 is 11.6 Å². The summed E-state index contributed by atoms with van der Waals surface area (Å²) in [6, 6.07) is 2.95. The second kappa shape index (κ2) is 4.87. The van der Waals surface area contributed by atoms with Crippen LogP contribution in [-0.4, -0.2) is 9.78 Å². The van der Waals surface area contributed by atoms with Crippen LogP contribution in [0.4, 0.5) is 14.5 Å². The van der Waals surface area contributed by atoms with E-state index in [9.17, 15) is 8.78 Å². The van der Waals surface area contributed by atoms with Crippen molar-refractivity contribution in [3.05, 3.63) is 35.5 Å². The van der Waals surface area contributed by atoms with Crippen molar-refractivity contribution in [2.75, 3.05) is 5.73 Å². The first-order valence-corrected chi connectivity index (χ1v) is 5.84. The molecule has 0 spiro atoms. The topological polar surface area (TPSA) is 53.1 Å². The number of benzene rings is 1. The summed E-state index contributed by atoms with van der Waals surface area (Å²) in [6.45, 7) is 3.90. The van der Waals surface area contributed by atoms with Gasteiger partial charge in [0.15, 0.2) is 0 Å². The first kappa shape index (κ1) is 13.3. The van der Waals surface area contributed by atoms with Crippen LogP contribution in [0.2, 0.25) is 0 Å². The lowest BCUT2D eigenvalue weighted by molar-refractivity contribution is 0.424. The van der Waals surface area contributed by atoms with Crippen LogP contribution < -0.4 is 10.5 Å². The highest BCUT2D eigenvalue weighted by Gasteiger charge is 2.18. The number of rotatable bonds is 3. The molecule has 0 unspecified atom stereocenters. The second-order valence-electron chi connectivity index (χ2n) is 4.59. The minimum Gasteiger partial charge on any atom is -0.437 e. The second-order valence-corrected chi connectivity index (χ2v) is 4.59. The number of aryl methyl sites for hydroxylation is 1. The van der Waals surface area contributed by atoms with E-state index in [2.05, 4.69) is 5.10 Å². The summed E-state index contributed by atoms with van der Waals surface area (Å²) in [7, 11) is 1.66. The standard InChI is InChI=1S/C13H15F2N3O/c1-7(2)12-11(16)13(18(3)17-12)19-10-5-8(14)4-9(15)6-10/h4-7H,16H2,1-3H3. The van der Waals surface area contributed by atoms with Gasteiger partial charge in [0.25, 0.3) is 0 Å². The van der Waals surface area contributed by atoms with Gasteiger partial charge in [-0.05, 0) is 5.92 Å². The third-order valence-corrected chi connectivity index (χ3v) is 2.66. The molecule has 4 nitrogen and oxygen atoms in total. The van der Waals surface area contributed by atoms with E-state index in [0.29, 0.717) is 11.4 Å². The van der Waals surface area contributed by atoms with Crippen molar-refractivity contribution in [3.63, 3.8) is 0 Å². The van der Waals surface area contributed by atoms with Gasteiger partial charge >= 0.3 is 0 Å². The quantitative estimate of drug-likeness (QED) is 0.929. The summed E-state index contributed by atoms with van der Waals surface area (Å²) in [5.74, 6) is -0.969. The average Bonchev–Trinajstić information content (AvgIpc) is 2.56. The number of hydrogen-bond acceptors (Lipinski definition) is 3. The molecule has 0 fully saturated rings. The Kier molecular flexibility index (Phi) is 3.42. The largest absolute Gasteiger partial charge is 0.437 e. The van der Waals surface area contributed by atoms with Gasteiger partial charge in [0.05, 0.1) is 5.69 Å². The third kappa shape index (κ3) is 2.67. The first-order chi connectivity index (χ1) is 8.88. The van der Waals surface area contributed by atoms with Crippen LogP contribution in [0, 0.1) is 11.6 Å². The minimum absolute atomic E-state index is 0.0440. The monoisotopic (exact) mass is 267 g/mol. The van der Waals surface area contributed by atoms with Gasteiger partial charge in [-0.3, -0.25) is 0 Å². The van der Waals surface area contributed by atoms with Gasteiger partial charge in [-0.25, -0.2) is 13.5 Å². The summed E-state index contributed by atoms with van der Waals surface area (Å²) in [5, 5.41) is 4.23. The van der Waals surface area contributed by atoms with Gasteiger partial charge < -0.3 is 10.5 Å². The van der Waals surface area contributed by atoms with E-state index in [-0.39, 0.29) is 17.5 Å². The van der Waals surface area contributed by atoms with Gasteiger partial charge in [0, 0.05) is 25.2 Å². The molecule has 0 atom stereocenters. The van der Waals surface area contributed by atoms with Gasteiger partial charge in [0.2, 0.25) is 5.88 Å². The molecule has 0 radical (unpaired) electrons. The van der Waals surface area contributed by atoms with Crippen molar-refractivity contribution in [1.82, 2.24) is 9.78 Å². The number of aromatic nitrogens is 2. The van der Waals surface area contributed by atoms with Crippen molar-refractivity contribution in [2.24, 2.45) is 7.05 Å². The Hall–Kier alpha value is -2.11. The molecular formula is C13H15F2N3O. The SMILES string of the molecule is CC(C)c1nn(C)c(Oc2cc(F)cc(F)c2)c1N. The lowest BCUT2D eigenvalue weighted by Gasteiger charge is -2.07. The summed E-state index contributed by atoms with van der Waals surface area (Å²) in [5.41, 5.74) is 7.00. The number of ether oxygens (including phenoxy) is 1.